The molecular formula is C17H23N3O3. The molecule has 1 unspecified atom stereocenters. The molecule has 124 valence electrons. The van der Waals surface area contributed by atoms with Crippen molar-refractivity contribution in [2.24, 2.45) is 0 Å². The third-order valence-corrected chi connectivity index (χ3v) is 4.74. The molecule has 4 rings (SSSR count). The first-order chi connectivity index (χ1) is 11.3. The van der Waals surface area contributed by atoms with Crippen molar-refractivity contribution in [3.63, 3.8) is 0 Å². The molecule has 1 saturated heterocycles. The molecule has 3 heterocycles. The van der Waals surface area contributed by atoms with Crippen LogP contribution in [0.5, 0.6) is 5.75 Å². The molecule has 6 heteroatoms. The van der Waals surface area contributed by atoms with Crippen LogP contribution in [0.4, 0.5) is 0 Å². The zero-order valence-electron chi connectivity index (χ0n) is 13.5. The summed E-state index contributed by atoms with van der Waals surface area (Å²) in [5.41, 5.74) is 2.13. The second-order valence-corrected chi connectivity index (χ2v) is 6.22. The number of fused-ring (bicyclic) bond motifs is 3. The summed E-state index contributed by atoms with van der Waals surface area (Å²) in [6, 6.07) is 6.84. The number of imidazole rings is 1. The van der Waals surface area contributed by atoms with E-state index in [9.17, 15) is 0 Å². The first-order valence-corrected chi connectivity index (χ1v) is 8.29. The van der Waals surface area contributed by atoms with Gasteiger partial charge in [0.25, 0.3) is 0 Å². The van der Waals surface area contributed by atoms with E-state index in [0.717, 1.165) is 55.2 Å². The largest absolute Gasteiger partial charge is 0.497 e. The fourth-order valence-corrected chi connectivity index (χ4v) is 3.47. The highest BCUT2D eigenvalue weighted by Crippen LogP contribution is 2.28. The molecule has 1 aromatic heterocycles. The summed E-state index contributed by atoms with van der Waals surface area (Å²) in [4.78, 5) is 4.71. The minimum atomic E-state index is 0.263. The van der Waals surface area contributed by atoms with E-state index in [-0.39, 0.29) is 6.04 Å². The Bertz CT molecular complexity index is 679. The molecule has 2 aliphatic heterocycles. The van der Waals surface area contributed by atoms with Crippen LogP contribution in [0.25, 0.3) is 11.0 Å². The maximum atomic E-state index is 5.76. The van der Waals surface area contributed by atoms with Crippen molar-refractivity contribution in [3.8, 4) is 5.75 Å². The molecule has 23 heavy (non-hydrogen) atoms. The minimum Gasteiger partial charge on any atom is -0.497 e. The van der Waals surface area contributed by atoms with Crippen molar-refractivity contribution in [1.82, 2.24) is 14.9 Å². The molecule has 2 aromatic rings. The molecule has 0 amide bonds. The summed E-state index contributed by atoms with van der Waals surface area (Å²) in [5.74, 6) is 1.86. The van der Waals surface area contributed by atoms with Crippen molar-refractivity contribution in [2.45, 2.75) is 31.5 Å². The number of hydrogen-bond donors (Lipinski definition) is 1. The SMILES string of the molecule is COc1ccc2nc3n(c2c1)C(CNC1CCOCC1)COC3. The standard InChI is InChI=1S/C17H23N3O3/c1-21-14-2-3-15-16(8-14)20-13(10-23-11-17(20)19-15)9-18-12-4-6-22-7-5-12/h2-3,8,12-13,18H,4-7,9-11H2,1H3. The highest BCUT2D eigenvalue weighted by Gasteiger charge is 2.25. The molecule has 0 aliphatic carbocycles. The number of aromatic nitrogens is 2. The smallest absolute Gasteiger partial charge is 0.136 e. The van der Waals surface area contributed by atoms with Crippen LogP contribution in [0.15, 0.2) is 18.2 Å². The average Bonchev–Trinajstić information content (AvgIpc) is 2.99. The van der Waals surface area contributed by atoms with Gasteiger partial charge in [0.15, 0.2) is 0 Å². The van der Waals surface area contributed by atoms with E-state index in [1.54, 1.807) is 7.11 Å². The molecule has 6 nitrogen and oxygen atoms in total. The summed E-state index contributed by atoms with van der Waals surface area (Å²) in [6.45, 7) is 3.89. The van der Waals surface area contributed by atoms with Crippen LogP contribution in [0.2, 0.25) is 0 Å². The van der Waals surface area contributed by atoms with Gasteiger partial charge in [-0.3, -0.25) is 0 Å². The van der Waals surface area contributed by atoms with Gasteiger partial charge in [-0.2, -0.15) is 0 Å². The maximum absolute atomic E-state index is 5.76. The van der Waals surface area contributed by atoms with Crippen LogP contribution in [0.3, 0.4) is 0 Å². The molecule has 2 aliphatic rings. The van der Waals surface area contributed by atoms with E-state index in [2.05, 4.69) is 16.0 Å². The summed E-state index contributed by atoms with van der Waals surface area (Å²) in [6.07, 6.45) is 2.16. The lowest BCUT2D eigenvalue weighted by atomic mass is 10.1. The minimum absolute atomic E-state index is 0.263. The lowest BCUT2D eigenvalue weighted by Crippen LogP contribution is -2.40. The zero-order chi connectivity index (χ0) is 15.6. The predicted molar refractivity (Wildman–Crippen MR) is 86.8 cm³/mol. The number of hydrogen-bond acceptors (Lipinski definition) is 5. The zero-order valence-corrected chi connectivity index (χ0v) is 13.5. The van der Waals surface area contributed by atoms with Gasteiger partial charge in [0.1, 0.15) is 18.2 Å². The summed E-state index contributed by atoms with van der Waals surface area (Å²) in [5, 5.41) is 3.68. The van der Waals surface area contributed by atoms with Crippen LogP contribution in [0, 0.1) is 0 Å². The fourth-order valence-electron chi connectivity index (χ4n) is 3.47. The Morgan fingerprint density at radius 1 is 1.30 bits per heavy atom. The molecule has 0 radical (unpaired) electrons. The third kappa shape index (κ3) is 2.94. The number of nitrogens with one attached hydrogen (secondary N) is 1. The second kappa shape index (κ2) is 6.47. The molecule has 1 fully saturated rings. The summed E-state index contributed by atoms with van der Waals surface area (Å²) >= 11 is 0. The van der Waals surface area contributed by atoms with Gasteiger partial charge in [-0.25, -0.2) is 4.98 Å². The van der Waals surface area contributed by atoms with Gasteiger partial charge in [0.2, 0.25) is 0 Å². The van der Waals surface area contributed by atoms with E-state index < -0.39 is 0 Å². The van der Waals surface area contributed by atoms with Gasteiger partial charge in [-0.15, -0.1) is 0 Å². The topological polar surface area (TPSA) is 57.5 Å². The Morgan fingerprint density at radius 3 is 3.00 bits per heavy atom. The van der Waals surface area contributed by atoms with E-state index in [1.807, 2.05) is 12.1 Å². The van der Waals surface area contributed by atoms with Crippen LogP contribution >= 0.6 is 0 Å². The van der Waals surface area contributed by atoms with E-state index in [0.29, 0.717) is 19.3 Å². The highest BCUT2D eigenvalue weighted by molar-refractivity contribution is 5.78. The van der Waals surface area contributed by atoms with Crippen molar-refractivity contribution in [2.75, 3.05) is 33.5 Å². The van der Waals surface area contributed by atoms with Gasteiger partial charge < -0.3 is 24.1 Å². The maximum Gasteiger partial charge on any atom is 0.136 e. The Balaban J connectivity index is 1.58. The lowest BCUT2D eigenvalue weighted by molar-refractivity contribution is 0.0491. The molecule has 1 atom stereocenters. The van der Waals surface area contributed by atoms with Crippen LogP contribution in [-0.2, 0) is 16.1 Å². The van der Waals surface area contributed by atoms with E-state index in [4.69, 9.17) is 19.2 Å². The monoisotopic (exact) mass is 317 g/mol. The number of ether oxygens (including phenoxy) is 3. The highest BCUT2D eigenvalue weighted by atomic mass is 16.5. The number of nitrogens with zero attached hydrogens (tertiary/aromatic N) is 2. The molecule has 0 spiro atoms. The van der Waals surface area contributed by atoms with Crippen LogP contribution < -0.4 is 10.1 Å². The van der Waals surface area contributed by atoms with Crippen LogP contribution in [0.1, 0.15) is 24.7 Å². The average molecular weight is 317 g/mol. The molecule has 0 bridgehead atoms. The fraction of sp³-hybridized carbons (Fsp3) is 0.588. The number of methoxy groups -OCH3 is 1. The van der Waals surface area contributed by atoms with E-state index >= 15 is 0 Å². The Labute approximate surface area is 135 Å². The normalized spacial score (nSPS) is 22.2. The van der Waals surface area contributed by atoms with Gasteiger partial charge in [-0.1, -0.05) is 0 Å². The Kier molecular flexibility index (Phi) is 4.20. The summed E-state index contributed by atoms with van der Waals surface area (Å²) < 4.78 is 18.9. The Hall–Kier alpha value is -1.63. The van der Waals surface area contributed by atoms with Crippen LogP contribution in [-0.4, -0.2) is 49.1 Å². The van der Waals surface area contributed by atoms with Crippen molar-refractivity contribution < 1.29 is 14.2 Å². The van der Waals surface area contributed by atoms with E-state index in [1.165, 1.54) is 0 Å². The second-order valence-electron chi connectivity index (χ2n) is 6.22. The van der Waals surface area contributed by atoms with Crippen molar-refractivity contribution in [3.05, 3.63) is 24.0 Å². The van der Waals surface area contributed by atoms with Gasteiger partial charge in [0, 0.05) is 31.9 Å². The van der Waals surface area contributed by atoms with Crippen molar-refractivity contribution >= 4 is 11.0 Å². The first kappa shape index (κ1) is 14.9. The predicted octanol–water partition coefficient (Wildman–Crippen LogP) is 1.88. The van der Waals surface area contributed by atoms with Gasteiger partial charge in [-0.05, 0) is 25.0 Å². The molecule has 0 saturated carbocycles. The molecule has 1 aromatic carbocycles. The summed E-state index contributed by atoms with van der Waals surface area (Å²) in [7, 11) is 1.70. The Morgan fingerprint density at radius 2 is 2.17 bits per heavy atom. The lowest BCUT2D eigenvalue weighted by Gasteiger charge is -2.30. The van der Waals surface area contributed by atoms with Crippen molar-refractivity contribution in [1.29, 1.82) is 0 Å². The third-order valence-electron chi connectivity index (χ3n) is 4.74. The first-order valence-electron chi connectivity index (χ1n) is 8.29. The molecular weight excluding hydrogens is 294 g/mol. The quantitative estimate of drug-likeness (QED) is 0.933. The number of benzene rings is 1. The van der Waals surface area contributed by atoms with Gasteiger partial charge in [0.05, 0.1) is 30.8 Å². The van der Waals surface area contributed by atoms with Gasteiger partial charge >= 0.3 is 0 Å². The number of rotatable bonds is 4. The molecule has 1 N–H and O–H groups in total.